The van der Waals surface area contributed by atoms with Gasteiger partial charge in [-0.25, -0.2) is 0 Å². The standard InChI is InChI=1S/C24H31ClO5/c1-5-14-6-8-15(9-7-14)23(2,3)17-12-16(10-11-18(17)25)24(4)22(29)21(28)20(27)19(13-26)30-24/h6-12,19-22,26-29H,5,13H2,1-4H3/t19-,20-,21+,22-,24+/m1/s1. The molecule has 1 aliphatic rings. The summed E-state index contributed by atoms with van der Waals surface area (Å²) in [6.45, 7) is 7.44. The quantitative estimate of drug-likeness (QED) is 0.581. The Morgan fingerprint density at radius 2 is 1.67 bits per heavy atom. The van der Waals surface area contributed by atoms with Gasteiger partial charge in [0.15, 0.2) is 0 Å². The average molecular weight is 435 g/mol. The van der Waals surface area contributed by atoms with Crippen molar-refractivity contribution in [3.8, 4) is 0 Å². The number of aryl methyl sites for hydroxylation is 1. The topological polar surface area (TPSA) is 90.2 Å². The molecule has 4 N–H and O–H groups in total. The lowest BCUT2D eigenvalue weighted by atomic mass is 9.75. The van der Waals surface area contributed by atoms with Gasteiger partial charge in [-0.05, 0) is 41.7 Å². The summed E-state index contributed by atoms with van der Waals surface area (Å²) in [5.41, 5.74) is 2.05. The Kier molecular flexibility index (Phi) is 6.63. The van der Waals surface area contributed by atoms with Gasteiger partial charge < -0.3 is 25.2 Å². The van der Waals surface area contributed by atoms with Crippen LogP contribution in [0.15, 0.2) is 42.5 Å². The Bertz CT molecular complexity index is 880. The van der Waals surface area contributed by atoms with Crippen LogP contribution in [-0.2, 0) is 22.2 Å². The Balaban J connectivity index is 2.06. The second kappa shape index (κ2) is 8.58. The van der Waals surface area contributed by atoms with Crippen molar-refractivity contribution in [1.29, 1.82) is 0 Å². The Hall–Kier alpha value is -1.47. The first-order valence-electron chi connectivity index (χ1n) is 10.3. The zero-order valence-corrected chi connectivity index (χ0v) is 18.6. The van der Waals surface area contributed by atoms with Crippen molar-refractivity contribution in [3.63, 3.8) is 0 Å². The molecule has 6 heteroatoms. The molecule has 30 heavy (non-hydrogen) atoms. The van der Waals surface area contributed by atoms with E-state index < -0.39 is 42.0 Å². The first kappa shape index (κ1) is 23.2. The van der Waals surface area contributed by atoms with Gasteiger partial charge in [0, 0.05) is 10.4 Å². The fraction of sp³-hybridized carbons (Fsp3) is 0.500. The van der Waals surface area contributed by atoms with E-state index >= 15 is 0 Å². The van der Waals surface area contributed by atoms with E-state index in [0.717, 1.165) is 17.5 Å². The summed E-state index contributed by atoms with van der Waals surface area (Å²) in [7, 11) is 0. The fourth-order valence-electron chi connectivity index (χ4n) is 4.20. The van der Waals surface area contributed by atoms with Crippen molar-refractivity contribution in [2.24, 2.45) is 0 Å². The van der Waals surface area contributed by atoms with Gasteiger partial charge in [0.05, 0.1) is 6.61 Å². The average Bonchev–Trinajstić information content (AvgIpc) is 2.75. The lowest BCUT2D eigenvalue weighted by Crippen LogP contribution is -2.62. The maximum atomic E-state index is 10.7. The molecule has 1 aliphatic heterocycles. The third kappa shape index (κ3) is 3.91. The molecule has 0 amide bonds. The van der Waals surface area contributed by atoms with Crippen molar-refractivity contribution in [2.75, 3.05) is 6.61 Å². The van der Waals surface area contributed by atoms with Crippen molar-refractivity contribution < 1.29 is 25.2 Å². The number of rotatable bonds is 5. The van der Waals surface area contributed by atoms with Gasteiger partial charge in [-0.3, -0.25) is 0 Å². The highest BCUT2D eigenvalue weighted by Gasteiger charge is 2.51. The maximum absolute atomic E-state index is 10.7. The minimum Gasteiger partial charge on any atom is -0.394 e. The highest BCUT2D eigenvalue weighted by Crippen LogP contribution is 2.42. The van der Waals surface area contributed by atoms with Gasteiger partial charge in [0.1, 0.15) is 30.0 Å². The zero-order chi connectivity index (χ0) is 22.3. The van der Waals surface area contributed by atoms with Crippen LogP contribution in [0.25, 0.3) is 0 Å². The molecule has 0 bridgehead atoms. The molecule has 0 unspecified atom stereocenters. The molecular formula is C24H31ClO5. The number of hydrogen-bond acceptors (Lipinski definition) is 5. The first-order chi connectivity index (χ1) is 14.1. The Labute approximate surface area is 182 Å². The zero-order valence-electron chi connectivity index (χ0n) is 17.8. The summed E-state index contributed by atoms with van der Waals surface area (Å²) in [6, 6.07) is 13.8. The highest BCUT2D eigenvalue weighted by atomic mass is 35.5. The molecule has 2 aromatic rings. The summed E-state index contributed by atoms with van der Waals surface area (Å²) in [6.07, 6.45) is -4.25. The predicted octanol–water partition coefficient (Wildman–Crippen LogP) is 2.92. The van der Waals surface area contributed by atoms with Gasteiger partial charge >= 0.3 is 0 Å². The van der Waals surface area contributed by atoms with Crippen molar-refractivity contribution in [3.05, 3.63) is 69.7 Å². The van der Waals surface area contributed by atoms with Gasteiger partial charge in [0.2, 0.25) is 0 Å². The molecule has 0 radical (unpaired) electrons. The lowest BCUT2D eigenvalue weighted by molar-refractivity contribution is -0.273. The molecule has 0 saturated carbocycles. The van der Waals surface area contributed by atoms with Crippen molar-refractivity contribution in [2.45, 2.75) is 69.5 Å². The number of halogens is 1. The third-order valence-electron chi connectivity index (χ3n) is 6.49. The summed E-state index contributed by atoms with van der Waals surface area (Å²) in [5, 5.41) is 41.3. The minimum atomic E-state index is -1.45. The maximum Gasteiger partial charge on any atom is 0.119 e. The first-order valence-corrected chi connectivity index (χ1v) is 10.7. The Morgan fingerprint density at radius 3 is 2.23 bits per heavy atom. The summed E-state index contributed by atoms with van der Waals surface area (Å²) in [5.74, 6) is 0. The molecule has 5 atom stereocenters. The van der Waals surface area contributed by atoms with Crippen LogP contribution in [0.2, 0.25) is 5.02 Å². The van der Waals surface area contributed by atoms with E-state index in [4.69, 9.17) is 16.3 Å². The van der Waals surface area contributed by atoms with Crippen LogP contribution in [-0.4, -0.2) is 51.4 Å². The molecule has 1 saturated heterocycles. The largest absolute Gasteiger partial charge is 0.394 e. The third-order valence-corrected chi connectivity index (χ3v) is 6.82. The molecule has 1 heterocycles. The molecule has 164 valence electrons. The van der Waals surface area contributed by atoms with E-state index in [9.17, 15) is 20.4 Å². The second-order valence-electron chi connectivity index (χ2n) is 8.74. The van der Waals surface area contributed by atoms with Crippen LogP contribution < -0.4 is 0 Å². The van der Waals surface area contributed by atoms with Gasteiger partial charge in [-0.2, -0.15) is 0 Å². The molecule has 5 nitrogen and oxygen atoms in total. The van der Waals surface area contributed by atoms with E-state index in [-0.39, 0.29) is 0 Å². The summed E-state index contributed by atoms with van der Waals surface area (Å²) in [4.78, 5) is 0. The number of aliphatic hydroxyl groups is 4. The van der Waals surface area contributed by atoms with Gasteiger partial charge in [-0.15, -0.1) is 0 Å². The van der Waals surface area contributed by atoms with E-state index in [1.807, 2.05) is 6.07 Å². The van der Waals surface area contributed by atoms with Gasteiger partial charge in [0.25, 0.3) is 0 Å². The van der Waals surface area contributed by atoms with Crippen LogP contribution >= 0.6 is 11.6 Å². The summed E-state index contributed by atoms with van der Waals surface area (Å²) < 4.78 is 5.89. The minimum absolute atomic E-state index is 0.427. The van der Waals surface area contributed by atoms with Crippen LogP contribution in [0.5, 0.6) is 0 Å². The van der Waals surface area contributed by atoms with Crippen LogP contribution in [0.4, 0.5) is 0 Å². The van der Waals surface area contributed by atoms with E-state index in [0.29, 0.717) is 10.6 Å². The van der Waals surface area contributed by atoms with Crippen molar-refractivity contribution in [1.82, 2.24) is 0 Å². The molecule has 0 spiro atoms. The molecular weight excluding hydrogens is 404 g/mol. The van der Waals surface area contributed by atoms with Crippen LogP contribution in [0.3, 0.4) is 0 Å². The monoisotopic (exact) mass is 434 g/mol. The van der Waals surface area contributed by atoms with Crippen LogP contribution in [0.1, 0.15) is 49.9 Å². The normalized spacial score (nSPS) is 29.8. The van der Waals surface area contributed by atoms with Crippen molar-refractivity contribution >= 4 is 11.6 Å². The van der Waals surface area contributed by atoms with Crippen LogP contribution in [0, 0.1) is 0 Å². The second-order valence-corrected chi connectivity index (χ2v) is 9.15. The highest BCUT2D eigenvalue weighted by molar-refractivity contribution is 6.31. The van der Waals surface area contributed by atoms with Gasteiger partial charge in [-0.1, -0.05) is 68.8 Å². The lowest BCUT2D eigenvalue weighted by Gasteiger charge is -2.47. The fourth-order valence-corrected chi connectivity index (χ4v) is 4.55. The van der Waals surface area contributed by atoms with E-state index in [1.165, 1.54) is 5.56 Å². The van der Waals surface area contributed by atoms with E-state index in [1.54, 1.807) is 19.1 Å². The predicted molar refractivity (Wildman–Crippen MR) is 117 cm³/mol. The molecule has 0 aromatic heterocycles. The Morgan fingerprint density at radius 1 is 1.03 bits per heavy atom. The SMILES string of the molecule is CCc1ccc(C(C)(C)c2cc([C@]3(C)O[C@H](CO)[C@@H](O)[C@H](O)[C@H]3O)ccc2Cl)cc1. The smallest absolute Gasteiger partial charge is 0.119 e. The molecule has 3 rings (SSSR count). The number of hydrogen-bond donors (Lipinski definition) is 4. The molecule has 0 aliphatic carbocycles. The number of aliphatic hydroxyl groups excluding tert-OH is 4. The number of benzene rings is 2. The van der Waals surface area contributed by atoms with E-state index in [2.05, 4.69) is 45.0 Å². The summed E-state index contributed by atoms with van der Waals surface area (Å²) >= 11 is 6.58. The molecule has 1 fully saturated rings. The molecule has 2 aromatic carbocycles. The number of ether oxygens (including phenoxy) is 1.